The molecule has 0 saturated carbocycles. The minimum absolute atomic E-state index is 0.0399. The third-order valence-electron chi connectivity index (χ3n) is 24.3. The van der Waals surface area contributed by atoms with Gasteiger partial charge in [0.25, 0.3) is 6.43 Å². The van der Waals surface area contributed by atoms with Crippen LogP contribution < -0.4 is 73.3 Å². The van der Waals surface area contributed by atoms with Gasteiger partial charge in [-0.25, -0.2) is 38.1 Å². The molecule has 0 saturated heterocycles. The molecule has 6 N–H and O–H groups in total. The summed E-state index contributed by atoms with van der Waals surface area (Å²) in [7, 11) is 3.28. The van der Waals surface area contributed by atoms with E-state index in [0.29, 0.717) is 109 Å². The van der Waals surface area contributed by atoms with E-state index in [-0.39, 0.29) is 44.1 Å². The molecule has 0 aliphatic carbocycles. The summed E-state index contributed by atoms with van der Waals surface area (Å²) >= 11 is 0. The molecule has 10 aromatic heterocycles. The van der Waals surface area contributed by atoms with Crippen molar-refractivity contribution < 1.29 is 27.4 Å². The second kappa shape index (κ2) is 46.9. The van der Waals surface area contributed by atoms with Gasteiger partial charge in [-0.15, -0.1) is 0 Å². The second-order valence-electron chi connectivity index (χ2n) is 35.1. The summed E-state index contributed by atoms with van der Waals surface area (Å²) < 4.78 is 64.5. The number of hydrogen-bond acceptors (Lipinski definition) is 19. The first kappa shape index (κ1) is 101. The normalized spacial score (nSPS) is 10.9. The minimum Gasteiger partial charge on any atom is -0.497 e. The second-order valence-corrected chi connectivity index (χ2v) is 35.1. The number of halogens is 3. The molecule has 150 heavy (non-hydrogen) atoms. The van der Waals surface area contributed by atoms with Gasteiger partial charge in [0, 0.05) is 135 Å². The van der Waals surface area contributed by atoms with E-state index in [0.717, 1.165) is 96.5 Å². The summed E-state index contributed by atoms with van der Waals surface area (Å²) in [4.78, 5) is 88.3. The number of fused-ring (bicyclic) bond motifs is 5. The zero-order valence-electron chi connectivity index (χ0n) is 82.9. The molecule has 0 unspecified atom stereocenters. The standard InChI is InChI=1S/C29H26N4O2.C28H23N3O.C23H19F2N3O2.C22H19N3O2.C21H16FN3O/c1-20-17-26(30-19-21-13-15-24(35-2)16-14-21)32-29-28(20)25(34)18-27(31-22-9-5-3-6-10-22)33(29)23-11-7-4-8-12-23;1-20-17-23(18-21-11-5-2-6-12-21)30-28-27(20)25(32)19-26(29-22-13-7-3-8-14-22)31(28)24-15-9-4-10-16-24;1-15-12-19(30-14-20(24)25)22-18(29)13-21(27-16-8-4-2-5-9-16)28(23(22)26-15)17-10-6-3-7-11-17;1-15-11-12-19-20(26)14-21(24-16-7-6-10-18(13-16)27-2)25(22(19)23-15)17-8-4-3-5-9-17;1-14-10-11-18-19(26)13-20(24-16-7-5-6-15(22)12-16)25(21(18)23-14)17-8-3-2-4-9-17/h3-18,31H,19H2,1-2H3,(H,30,32);2-17,19,29H,18H2,1H3;2-13,20,27H,14H2,1H3;3-14,24H,1-2H3;2-13,24H,1H3. The number of para-hydroxylation sites is 8. The van der Waals surface area contributed by atoms with Crippen LogP contribution in [0.4, 0.5) is 76.5 Å². The van der Waals surface area contributed by atoms with Gasteiger partial charge in [-0.3, -0.25) is 46.8 Å². The predicted molar refractivity (Wildman–Crippen MR) is 597 cm³/mol. The molecule has 22 aromatic rings. The maximum absolute atomic E-state index is 13.6. The first-order valence-electron chi connectivity index (χ1n) is 48.4. The van der Waals surface area contributed by atoms with Crippen molar-refractivity contribution in [3.8, 4) is 45.7 Å². The highest BCUT2D eigenvalue weighted by Crippen LogP contribution is 2.36. The molecule has 0 aliphatic rings. The molecule has 12 aromatic carbocycles. The van der Waals surface area contributed by atoms with Crippen LogP contribution in [0.5, 0.6) is 17.2 Å². The fraction of sp³-hybridized carbons (Fsp3) is 0.0894. The molecular weight excluding hydrogens is 1890 g/mol. The van der Waals surface area contributed by atoms with Crippen molar-refractivity contribution in [3.05, 3.63) is 521 Å². The minimum atomic E-state index is -2.65. The van der Waals surface area contributed by atoms with E-state index in [9.17, 15) is 37.1 Å². The van der Waals surface area contributed by atoms with Crippen LogP contribution in [0.1, 0.15) is 45.0 Å². The van der Waals surface area contributed by atoms with Crippen molar-refractivity contribution in [2.75, 3.05) is 52.7 Å². The lowest BCUT2D eigenvalue weighted by Crippen LogP contribution is -2.16. The summed E-state index contributed by atoms with van der Waals surface area (Å²) in [5.74, 6) is 5.01. The first-order valence-corrected chi connectivity index (χ1v) is 48.4. The van der Waals surface area contributed by atoms with Crippen molar-refractivity contribution >= 4 is 119 Å². The topological polar surface area (TPSA) is 274 Å². The van der Waals surface area contributed by atoms with Gasteiger partial charge in [-0.2, -0.15) is 0 Å². The van der Waals surface area contributed by atoms with E-state index in [1.54, 1.807) is 62.1 Å². The molecule has 744 valence electrons. The van der Waals surface area contributed by atoms with Crippen LogP contribution in [0.2, 0.25) is 0 Å². The quantitative estimate of drug-likeness (QED) is 0.0310. The van der Waals surface area contributed by atoms with Gasteiger partial charge in [0.2, 0.25) is 0 Å². The molecule has 0 spiro atoms. The predicted octanol–water partition coefficient (Wildman–Crippen LogP) is 26.2. The average molecular weight is 1990 g/mol. The smallest absolute Gasteiger partial charge is 0.272 e. The number of pyridine rings is 10. The fourth-order valence-corrected chi connectivity index (χ4v) is 17.4. The number of aromatic nitrogens is 10. The van der Waals surface area contributed by atoms with Gasteiger partial charge in [0.15, 0.2) is 44.1 Å². The highest BCUT2D eigenvalue weighted by Gasteiger charge is 2.24. The molecular formula is C123H103F3N16O8. The number of benzene rings is 12. The van der Waals surface area contributed by atoms with Gasteiger partial charge in [-0.1, -0.05) is 200 Å². The Morgan fingerprint density at radius 2 is 0.640 bits per heavy atom. The summed E-state index contributed by atoms with van der Waals surface area (Å²) in [6.07, 6.45) is -1.94. The van der Waals surface area contributed by atoms with Crippen molar-refractivity contribution in [1.29, 1.82) is 0 Å². The van der Waals surface area contributed by atoms with Gasteiger partial charge in [0.05, 0.1) is 35.8 Å². The van der Waals surface area contributed by atoms with Crippen LogP contribution in [0.3, 0.4) is 0 Å². The van der Waals surface area contributed by atoms with Crippen LogP contribution in [-0.2, 0) is 13.0 Å². The molecule has 0 atom stereocenters. The Labute approximate surface area is 861 Å². The maximum atomic E-state index is 13.6. The van der Waals surface area contributed by atoms with Gasteiger partial charge >= 0.3 is 0 Å². The van der Waals surface area contributed by atoms with Crippen molar-refractivity contribution in [2.45, 2.75) is 54.0 Å². The van der Waals surface area contributed by atoms with Gasteiger partial charge < -0.3 is 46.1 Å². The average Bonchev–Trinajstić information content (AvgIpc) is 0.757. The highest BCUT2D eigenvalue weighted by atomic mass is 19.3. The van der Waals surface area contributed by atoms with E-state index in [1.807, 2.05) is 386 Å². The largest absolute Gasteiger partial charge is 0.497 e. The lowest BCUT2D eigenvalue weighted by atomic mass is 10.1. The number of alkyl halides is 2. The first-order chi connectivity index (χ1) is 73.1. The van der Waals surface area contributed by atoms with E-state index >= 15 is 0 Å². The highest BCUT2D eigenvalue weighted by molar-refractivity contribution is 5.90. The number of nitrogens with one attached hydrogen (secondary N) is 6. The molecule has 0 bridgehead atoms. The summed E-state index contributed by atoms with van der Waals surface area (Å²) in [6.45, 7) is 9.26. The Morgan fingerprint density at radius 3 is 1.05 bits per heavy atom. The Morgan fingerprint density at radius 1 is 0.293 bits per heavy atom. The zero-order chi connectivity index (χ0) is 104. The number of hydrogen-bond donors (Lipinski definition) is 6. The summed E-state index contributed by atoms with van der Waals surface area (Å²) in [5, 5.41) is 22.5. The Balaban J connectivity index is 0.000000123. The number of ether oxygens (including phenoxy) is 3. The van der Waals surface area contributed by atoms with E-state index in [2.05, 4.69) is 59.0 Å². The number of methoxy groups -OCH3 is 2. The molecule has 22 rings (SSSR count). The molecule has 27 heteroatoms. The van der Waals surface area contributed by atoms with Crippen molar-refractivity contribution in [3.63, 3.8) is 0 Å². The van der Waals surface area contributed by atoms with E-state index in [4.69, 9.17) is 24.2 Å². The number of nitrogens with zero attached hydrogens (tertiary/aromatic N) is 10. The monoisotopic (exact) mass is 1990 g/mol. The van der Waals surface area contributed by atoms with E-state index in [1.165, 1.54) is 35.9 Å². The van der Waals surface area contributed by atoms with E-state index < -0.39 is 13.0 Å². The third kappa shape index (κ3) is 24.1. The maximum Gasteiger partial charge on any atom is 0.272 e. The molecule has 0 amide bonds. The van der Waals surface area contributed by atoms with Crippen LogP contribution >= 0.6 is 0 Å². The molecule has 10 heterocycles. The SMILES string of the molecule is COc1ccc(CNc2cc(C)c3c(=O)cc(Nc4ccccc4)n(-c4ccccc4)c3n2)cc1.COc1cccc(Nc2cc(=O)c3ccc(C)nc3n2-c2ccccc2)c1.Cc1cc(Cc2ccccc2)nc2c1c(=O)cc(Nc1ccccc1)n2-c1ccccc1.Cc1cc(OCC(F)F)c2c(=O)cc(Nc3ccccc3)n(-c3ccccc3)c2n1.Cc1ccc2c(=O)cc(Nc3cccc(F)c3)n(-c3ccccc3)c2n1. The molecule has 0 aliphatic heterocycles. The fourth-order valence-electron chi connectivity index (χ4n) is 17.4. The van der Waals surface area contributed by atoms with Crippen molar-refractivity contribution in [2.24, 2.45) is 0 Å². The number of rotatable bonds is 25. The van der Waals surface area contributed by atoms with Crippen LogP contribution in [0.15, 0.2) is 443 Å². The van der Waals surface area contributed by atoms with Gasteiger partial charge in [-0.05, 0) is 233 Å². The summed E-state index contributed by atoms with van der Waals surface area (Å²) in [6, 6.07) is 130. The molecule has 0 fully saturated rings. The van der Waals surface area contributed by atoms with Gasteiger partial charge in [0.1, 0.15) is 81.3 Å². The summed E-state index contributed by atoms with van der Waals surface area (Å²) in [5.41, 5.74) is 17.7. The Kier molecular flexibility index (Phi) is 31.4. The van der Waals surface area contributed by atoms with Crippen LogP contribution in [0.25, 0.3) is 83.6 Å². The number of anilines is 11. The number of aryl methyl sites for hydroxylation is 5. The van der Waals surface area contributed by atoms with Crippen LogP contribution in [0, 0.1) is 40.4 Å². The molecule has 0 radical (unpaired) electrons. The van der Waals surface area contributed by atoms with Crippen LogP contribution in [-0.4, -0.2) is 75.0 Å². The molecule has 24 nitrogen and oxygen atoms in total. The lowest BCUT2D eigenvalue weighted by molar-refractivity contribution is 0.0825. The van der Waals surface area contributed by atoms with Crippen molar-refractivity contribution in [1.82, 2.24) is 47.8 Å². The zero-order valence-corrected chi connectivity index (χ0v) is 82.9. The Hall–Kier alpha value is -19.6. The lowest BCUT2D eigenvalue weighted by Gasteiger charge is -2.19. The third-order valence-corrected chi connectivity index (χ3v) is 24.3. The Bertz CT molecular complexity index is 8880.